The molecule has 0 aliphatic heterocycles. The largest absolute Gasteiger partial charge is 0.497 e. The SMILES string of the molecule is CCN(CC)CCN(C(=O)CSc1ccc(C)cc1)c1nc2ccc(OC)cc2s1.Cl. The molecule has 168 valence electrons. The number of amides is 1. The number of carbonyl (C=O) groups excluding carboxylic acids is 1. The molecule has 0 saturated heterocycles. The Labute approximate surface area is 199 Å². The molecule has 0 bridgehead atoms. The Morgan fingerprint density at radius 3 is 2.45 bits per heavy atom. The number of hydrogen-bond acceptors (Lipinski definition) is 6. The summed E-state index contributed by atoms with van der Waals surface area (Å²) in [5.74, 6) is 1.27. The molecule has 0 fully saturated rings. The molecule has 0 N–H and O–H groups in total. The fraction of sp³-hybridized carbons (Fsp3) is 0.391. The van der Waals surface area contributed by atoms with Crippen LogP contribution in [-0.4, -0.2) is 54.8 Å². The number of fused-ring (bicyclic) bond motifs is 1. The molecule has 2 aromatic carbocycles. The molecule has 0 aliphatic carbocycles. The summed E-state index contributed by atoms with van der Waals surface area (Å²) in [6.45, 7) is 9.75. The summed E-state index contributed by atoms with van der Waals surface area (Å²) in [5, 5.41) is 0.750. The average Bonchev–Trinajstić information content (AvgIpc) is 3.19. The van der Waals surface area contributed by atoms with E-state index in [2.05, 4.69) is 49.9 Å². The van der Waals surface area contributed by atoms with Crippen LogP contribution in [0.3, 0.4) is 0 Å². The predicted octanol–water partition coefficient (Wildman–Crippen LogP) is 5.50. The second-order valence-electron chi connectivity index (χ2n) is 7.00. The number of ether oxygens (including phenoxy) is 1. The first-order valence-corrected chi connectivity index (χ1v) is 12.0. The highest BCUT2D eigenvalue weighted by molar-refractivity contribution is 8.00. The van der Waals surface area contributed by atoms with E-state index < -0.39 is 0 Å². The minimum absolute atomic E-state index is 0. The lowest BCUT2D eigenvalue weighted by Crippen LogP contribution is -2.39. The van der Waals surface area contributed by atoms with Crippen molar-refractivity contribution in [3.8, 4) is 5.75 Å². The highest BCUT2D eigenvalue weighted by Gasteiger charge is 2.21. The zero-order valence-electron chi connectivity index (χ0n) is 18.5. The summed E-state index contributed by atoms with van der Waals surface area (Å²) in [7, 11) is 1.66. The van der Waals surface area contributed by atoms with Crippen molar-refractivity contribution in [3.05, 3.63) is 48.0 Å². The molecular formula is C23H30ClN3O2S2. The van der Waals surface area contributed by atoms with Gasteiger partial charge >= 0.3 is 0 Å². The van der Waals surface area contributed by atoms with Crippen LogP contribution in [0.25, 0.3) is 10.2 Å². The number of anilines is 1. The minimum Gasteiger partial charge on any atom is -0.497 e. The molecule has 0 atom stereocenters. The summed E-state index contributed by atoms with van der Waals surface area (Å²) < 4.78 is 6.36. The van der Waals surface area contributed by atoms with E-state index in [1.54, 1.807) is 18.9 Å². The number of benzene rings is 2. The lowest BCUT2D eigenvalue weighted by Gasteiger charge is -2.24. The van der Waals surface area contributed by atoms with Gasteiger partial charge < -0.3 is 9.64 Å². The molecule has 3 aromatic rings. The second kappa shape index (κ2) is 12.3. The number of carbonyl (C=O) groups is 1. The molecule has 1 heterocycles. The van der Waals surface area contributed by atoms with Gasteiger partial charge in [-0.1, -0.05) is 42.9 Å². The fourth-order valence-electron chi connectivity index (χ4n) is 3.10. The average molecular weight is 480 g/mol. The van der Waals surface area contributed by atoms with Gasteiger partial charge in [0.2, 0.25) is 5.91 Å². The van der Waals surface area contributed by atoms with Gasteiger partial charge in [-0.2, -0.15) is 0 Å². The van der Waals surface area contributed by atoms with Gasteiger partial charge in [-0.05, 0) is 50.3 Å². The van der Waals surface area contributed by atoms with Crippen molar-refractivity contribution < 1.29 is 9.53 Å². The zero-order chi connectivity index (χ0) is 21.5. The van der Waals surface area contributed by atoms with Gasteiger partial charge in [-0.3, -0.25) is 9.69 Å². The van der Waals surface area contributed by atoms with Gasteiger partial charge in [0.25, 0.3) is 0 Å². The Hall–Kier alpha value is -1.80. The molecule has 0 unspecified atom stereocenters. The number of halogens is 1. The minimum atomic E-state index is 0. The van der Waals surface area contributed by atoms with Crippen LogP contribution in [0, 0.1) is 6.92 Å². The van der Waals surface area contributed by atoms with Crippen LogP contribution in [-0.2, 0) is 4.79 Å². The third kappa shape index (κ3) is 6.84. The molecule has 0 spiro atoms. The van der Waals surface area contributed by atoms with E-state index in [9.17, 15) is 4.79 Å². The van der Waals surface area contributed by atoms with E-state index >= 15 is 0 Å². The number of thiazole rings is 1. The highest BCUT2D eigenvalue weighted by Crippen LogP contribution is 2.32. The molecule has 5 nitrogen and oxygen atoms in total. The molecule has 0 radical (unpaired) electrons. The summed E-state index contributed by atoms with van der Waals surface area (Å²) in [4.78, 5) is 23.2. The van der Waals surface area contributed by atoms with Crippen molar-refractivity contribution in [2.75, 3.05) is 43.9 Å². The maximum atomic E-state index is 13.2. The summed E-state index contributed by atoms with van der Waals surface area (Å²) in [6.07, 6.45) is 0. The van der Waals surface area contributed by atoms with Crippen LogP contribution < -0.4 is 9.64 Å². The van der Waals surface area contributed by atoms with Crippen molar-refractivity contribution in [2.24, 2.45) is 0 Å². The Morgan fingerprint density at radius 1 is 1.10 bits per heavy atom. The van der Waals surface area contributed by atoms with Crippen molar-refractivity contribution in [3.63, 3.8) is 0 Å². The van der Waals surface area contributed by atoms with Crippen LogP contribution in [0.1, 0.15) is 19.4 Å². The number of thioether (sulfide) groups is 1. The monoisotopic (exact) mass is 479 g/mol. The number of likely N-dealkylation sites (N-methyl/N-ethyl adjacent to an activating group) is 1. The number of nitrogens with zero attached hydrogens (tertiary/aromatic N) is 3. The quantitative estimate of drug-likeness (QED) is 0.359. The van der Waals surface area contributed by atoms with E-state index in [1.807, 2.05) is 23.1 Å². The van der Waals surface area contributed by atoms with E-state index in [0.717, 1.165) is 45.6 Å². The fourth-order valence-corrected chi connectivity index (χ4v) is 4.91. The maximum absolute atomic E-state index is 13.2. The molecule has 0 aliphatic rings. The first-order chi connectivity index (χ1) is 14.5. The lowest BCUT2D eigenvalue weighted by molar-refractivity contribution is -0.116. The molecule has 0 saturated carbocycles. The molecule has 3 rings (SSSR count). The summed E-state index contributed by atoms with van der Waals surface area (Å²) >= 11 is 3.11. The second-order valence-corrected chi connectivity index (χ2v) is 9.06. The third-order valence-electron chi connectivity index (χ3n) is 5.03. The molecule has 1 amide bonds. The van der Waals surface area contributed by atoms with Crippen LogP contribution in [0.15, 0.2) is 47.4 Å². The van der Waals surface area contributed by atoms with E-state index in [0.29, 0.717) is 12.3 Å². The maximum Gasteiger partial charge on any atom is 0.239 e. The van der Waals surface area contributed by atoms with Gasteiger partial charge in [0.1, 0.15) is 5.75 Å². The molecule has 8 heteroatoms. The van der Waals surface area contributed by atoms with Crippen LogP contribution in [0.2, 0.25) is 0 Å². The summed E-state index contributed by atoms with van der Waals surface area (Å²) in [5.41, 5.74) is 2.11. The predicted molar refractivity (Wildman–Crippen MR) is 135 cm³/mol. The number of rotatable bonds is 10. The first-order valence-electron chi connectivity index (χ1n) is 10.2. The lowest BCUT2D eigenvalue weighted by atomic mass is 10.2. The normalized spacial score (nSPS) is 10.9. The number of aromatic nitrogens is 1. The van der Waals surface area contributed by atoms with Crippen molar-refractivity contribution in [1.82, 2.24) is 9.88 Å². The molecular weight excluding hydrogens is 450 g/mol. The van der Waals surface area contributed by atoms with E-state index in [-0.39, 0.29) is 18.3 Å². The van der Waals surface area contributed by atoms with Gasteiger partial charge in [0.15, 0.2) is 5.13 Å². The standard InChI is InChI=1S/C23H29N3O2S2.ClH/c1-5-25(6-2)13-14-26(22(27)16-29-19-10-7-17(3)8-11-19)23-24-20-12-9-18(28-4)15-21(20)30-23;/h7-12,15H,5-6,13-14,16H2,1-4H3;1H. The summed E-state index contributed by atoms with van der Waals surface area (Å²) in [6, 6.07) is 14.1. The van der Waals surface area contributed by atoms with Crippen molar-refractivity contribution in [1.29, 1.82) is 0 Å². The molecule has 1 aromatic heterocycles. The number of hydrogen-bond donors (Lipinski definition) is 0. The molecule has 31 heavy (non-hydrogen) atoms. The Kier molecular flexibility index (Phi) is 10.1. The highest BCUT2D eigenvalue weighted by atomic mass is 35.5. The topological polar surface area (TPSA) is 45.7 Å². The van der Waals surface area contributed by atoms with Crippen LogP contribution in [0.4, 0.5) is 5.13 Å². The van der Waals surface area contributed by atoms with Crippen molar-refractivity contribution in [2.45, 2.75) is 25.7 Å². The van der Waals surface area contributed by atoms with Gasteiger partial charge in [-0.25, -0.2) is 4.98 Å². The van der Waals surface area contributed by atoms with Gasteiger partial charge in [-0.15, -0.1) is 24.2 Å². The smallest absolute Gasteiger partial charge is 0.239 e. The van der Waals surface area contributed by atoms with Crippen molar-refractivity contribution >= 4 is 56.8 Å². The van der Waals surface area contributed by atoms with Gasteiger partial charge in [0, 0.05) is 18.0 Å². The zero-order valence-corrected chi connectivity index (χ0v) is 20.9. The van der Waals surface area contributed by atoms with E-state index in [1.165, 1.54) is 16.9 Å². The van der Waals surface area contributed by atoms with Crippen LogP contribution in [0.5, 0.6) is 5.75 Å². The number of methoxy groups -OCH3 is 1. The Morgan fingerprint density at radius 2 is 1.81 bits per heavy atom. The van der Waals surface area contributed by atoms with E-state index in [4.69, 9.17) is 9.72 Å². The first kappa shape index (κ1) is 25.5. The Balaban J connectivity index is 0.00000341. The third-order valence-corrected chi connectivity index (χ3v) is 7.07. The number of aryl methyl sites for hydroxylation is 1. The Bertz CT molecular complexity index is 975. The van der Waals surface area contributed by atoms with Gasteiger partial charge in [0.05, 0.1) is 23.1 Å². The van der Waals surface area contributed by atoms with Crippen LogP contribution >= 0.6 is 35.5 Å².